The minimum Gasteiger partial charge on any atom is -0.258 e. The number of nitriles is 1. The molecular weight excluding hydrogens is 237 g/mol. The highest BCUT2D eigenvalue weighted by Crippen LogP contribution is 2.33. The van der Waals surface area contributed by atoms with Crippen LogP contribution in [-0.2, 0) is 12.6 Å². The van der Waals surface area contributed by atoms with Crippen LogP contribution in [-0.4, -0.2) is 4.92 Å². The van der Waals surface area contributed by atoms with Crippen LogP contribution in [0.2, 0.25) is 0 Å². The summed E-state index contributed by atoms with van der Waals surface area (Å²) in [6.45, 7) is 0. The largest absolute Gasteiger partial charge is 0.416 e. The predicted octanol–water partition coefficient (Wildman–Crippen LogP) is 3.07. The lowest BCUT2D eigenvalue weighted by molar-refractivity contribution is -0.385. The lowest BCUT2D eigenvalue weighted by atomic mass is 10.0. The van der Waals surface area contributed by atoms with E-state index in [1.807, 2.05) is 0 Å². The highest BCUT2D eigenvalue weighted by molar-refractivity contribution is 5.44. The van der Waals surface area contributed by atoms with Gasteiger partial charge in [-0.2, -0.15) is 18.4 Å². The van der Waals surface area contributed by atoms with Gasteiger partial charge in [-0.1, -0.05) is 6.07 Å². The predicted molar refractivity (Wildman–Crippen MR) is 52.0 cm³/mol. The van der Waals surface area contributed by atoms with Crippen molar-refractivity contribution in [1.82, 2.24) is 0 Å². The fraction of sp³-hybridized carbons (Fsp3) is 0.300. The molecule has 1 aromatic carbocycles. The Balaban J connectivity index is 3.18. The van der Waals surface area contributed by atoms with E-state index in [9.17, 15) is 23.3 Å². The second-order valence-corrected chi connectivity index (χ2v) is 3.26. The first-order valence-electron chi connectivity index (χ1n) is 4.57. The number of nitro groups is 1. The van der Waals surface area contributed by atoms with Crippen LogP contribution in [0.5, 0.6) is 0 Å². The van der Waals surface area contributed by atoms with Crippen LogP contribution < -0.4 is 0 Å². The summed E-state index contributed by atoms with van der Waals surface area (Å²) in [5.41, 5.74) is -1.54. The molecule has 0 atom stereocenters. The van der Waals surface area contributed by atoms with Crippen molar-refractivity contribution >= 4 is 5.69 Å². The van der Waals surface area contributed by atoms with Crippen LogP contribution in [0.1, 0.15) is 17.5 Å². The molecule has 0 aliphatic carbocycles. The zero-order chi connectivity index (χ0) is 13.1. The Morgan fingerprint density at radius 2 is 2.06 bits per heavy atom. The fourth-order valence-corrected chi connectivity index (χ4v) is 1.31. The Labute approximate surface area is 94.4 Å². The first-order valence-corrected chi connectivity index (χ1v) is 4.57. The van der Waals surface area contributed by atoms with Crippen LogP contribution in [0.3, 0.4) is 0 Å². The monoisotopic (exact) mass is 244 g/mol. The van der Waals surface area contributed by atoms with Crippen LogP contribution in [0.25, 0.3) is 0 Å². The van der Waals surface area contributed by atoms with Gasteiger partial charge in [0.05, 0.1) is 16.6 Å². The summed E-state index contributed by atoms with van der Waals surface area (Å²) in [6, 6.07) is 4.09. The van der Waals surface area contributed by atoms with Crippen molar-refractivity contribution in [2.75, 3.05) is 0 Å². The molecule has 1 aromatic rings. The zero-order valence-corrected chi connectivity index (χ0v) is 8.49. The topological polar surface area (TPSA) is 66.9 Å². The van der Waals surface area contributed by atoms with E-state index in [4.69, 9.17) is 5.26 Å². The molecule has 7 heteroatoms. The molecule has 0 radical (unpaired) electrons. The standard InChI is InChI=1S/C10H7F3N2O2/c11-10(12,13)8-4-3-7(2-1-5-14)9(6-8)15(16)17/h3-4,6H,1-2H2. The first-order chi connectivity index (χ1) is 7.86. The van der Waals surface area contributed by atoms with Gasteiger partial charge in [0.1, 0.15) is 0 Å². The number of halogens is 3. The van der Waals surface area contributed by atoms with E-state index >= 15 is 0 Å². The fourth-order valence-electron chi connectivity index (χ4n) is 1.31. The molecule has 0 heterocycles. The Bertz CT molecular complexity index is 477. The molecule has 0 unspecified atom stereocenters. The van der Waals surface area contributed by atoms with Crippen molar-refractivity contribution in [3.63, 3.8) is 0 Å². The molecule has 0 fully saturated rings. The van der Waals surface area contributed by atoms with E-state index in [0.717, 1.165) is 12.1 Å². The lowest BCUT2D eigenvalue weighted by Gasteiger charge is -2.07. The van der Waals surface area contributed by atoms with Crippen LogP contribution in [0, 0.1) is 21.4 Å². The molecule has 0 N–H and O–H groups in total. The maximum absolute atomic E-state index is 12.3. The van der Waals surface area contributed by atoms with E-state index < -0.39 is 22.4 Å². The number of hydrogen-bond donors (Lipinski definition) is 0. The Morgan fingerprint density at radius 3 is 2.53 bits per heavy atom. The Kier molecular flexibility index (Phi) is 3.68. The van der Waals surface area contributed by atoms with Crippen molar-refractivity contribution in [2.24, 2.45) is 0 Å². The van der Waals surface area contributed by atoms with Gasteiger partial charge in [-0.05, 0) is 12.5 Å². The van der Waals surface area contributed by atoms with Crippen molar-refractivity contribution in [1.29, 1.82) is 5.26 Å². The molecule has 0 spiro atoms. The summed E-state index contributed by atoms with van der Waals surface area (Å²) in [7, 11) is 0. The smallest absolute Gasteiger partial charge is 0.258 e. The summed E-state index contributed by atoms with van der Waals surface area (Å²) in [4.78, 5) is 9.75. The van der Waals surface area contributed by atoms with Crippen molar-refractivity contribution in [2.45, 2.75) is 19.0 Å². The van der Waals surface area contributed by atoms with E-state index in [1.165, 1.54) is 0 Å². The number of alkyl halides is 3. The average Bonchev–Trinajstić information content (AvgIpc) is 2.24. The molecule has 0 aliphatic heterocycles. The van der Waals surface area contributed by atoms with E-state index in [2.05, 4.69) is 0 Å². The minimum absolute atomic E-state index is 0.0200. The van der Waals surface area contributed by atoms with Crippen LogP contribution in [0.15, 0.2) is 18.2 Å². The zero-order valence-electron chi connectivity index (χ0n) is 8.49. The summed E-state index contributed by atoms with van der Waals surface area (Å²) < 4.78 is 37.0. The summed E-state index contributed by atoms with van der Waals surface area (Å²) >= 11 is 0. The number of hydrogen-bond acceptors (Lipinski definition) is 3. The Hall–Kier alpha value is -2.10. The molecule has 0 bridgehead atoms. The summed E-state index contributed by atoms with van der Waals surface area (Å²) in [5, 5.41) is 19.0. The number of aryl methyl sites for hydroxylation is 1. The second-order valence-electron chi connectivity index (χ2n) is 3.26. The quantitative estimate of drug-likeness (QED) is 0.606. The van der Waals surface area contributed by atoms with Gasteiger partial charge in [-0.3, -0.25) is 10.1 Å². The first kappa shape index (κ1) is 13.0. The molecule has 90 valence electrons. The highest BCUT2D eigenvalue weighted by atomic mass is 19.4. The third kappa shape index (κ3) is 3.17. The molecule has 0 saturated heterocycles. The third-order valence-corrected chi connectivity index (χ3v) is 2.12. The van der Waals surface area contributed by atoms with E-state index in [-0.39, 0.29) is 18.4 Å². The van der Waals surface area contributed by atoms with Gasteiger partial charge in [0, 0.05) is 18.1 Å². The van der Waals surface area contributed by atoms with E-state index in [1.54, 1.807) is 6.07 Å². The van der Waals surface area contributed by atoms with Crippen molar-refractivity contribution < 1.29 is 18.1 Å². The molecule has 0 saturated carbocycles. The lowest BCUT2D eigenvalue weighted by Crippen LogP contribution is -2.06. The molecule has 17 heavy (non-hydrogen) atoms. The van der Waals surface area contributed by atoms with Gasteiger partial charge in [0.2, 0.25) is 0 Å². The average molecular weight is 244 g/mol. The molecule has 0 aliphatic rings. The minimum atomic E-state index is -4.61. The molecule has 1 rings (SSSR count). The van der Waals surface area contributed by atoms with Gasteiger partial charge < -0.3 is 0 Å². The van der Waals surface area contributed by atoms with Crippen molar-refractivity contribution in [3.05, 3.63) is 39.4 Å². The maximum atomic E-state index is 12.3. The highest BCUT2D eigenvalue weighted by Gasteiger charge is 2.32. The second kappa shape index (κ2) is 4.82. The van der Waals surface area contributed by atoms with Gasteiger partial charge >= 0.3 is 6.18 Å². The Morgan fingerprint density at radius 1 is 1.41 bits per heavy atom. The van der Waals surface area contributed by atoms with Gasteiger partial charge in [0.15, 0.2) is 0 Å². The van der Waals surface area contributed by atoms with Gasteiger partial charge in [-0.25, -0.2) is 0 Å². The van der Waals surface area contributed by atoms with E-state index in [0.29, 0.717) is 6.07 Å². The third-order valence-electron chi connectivity index (χ3n) is 2.12. The van der Waals surface area contributed by atoms with Crippen molar-refractivity contribution in [3.8, 4) is 6.07 Å². The number of nitro benzene ring substituents is 1. The SMILES string of the molecule is N#CCCc1ccc(C(F)(F)F)cc1[N+](=O)[O-]. The number of nitrogens with zero attached hydrogens (tertiary/aromatic N) is 2. The van der Waals surface area contributed by atoms with Gasteiger partial charge in [0.25, 0.3) is 5.69 Å². The summed E-state index contributed by atoms with van der Waals surface area (Å²) in [6.07, 6.45) is -4.53. The molecule has 0 aromatic heterocycles. The normalized spacial score (nSPS) is 10.9. The van der Waals surface area contributed by atoms with Crippen LogP contribution in [0.4, 0.5) is 18.9 Å². The molecule has 4 nitrogen and oxygen atoms in total. The van der Waals surface area contributed by atoms with Crippen LogP contribution >= 0.6 is 0 Å². The number of benzene rings is 1. The summed E-state index contributed by atoms with van der Waals surface area (Å²) in [5.74, 6) is 0. The maximum Gasteiger partial charge on any atom is 0.416 e. The van der Waals surface area contributed by atoms with Gasteiger partial charge in [-0.15, -0.1) is 0 Å². The number of rotatable bonds is 3. The molecular formula is C10H7F3N2O2. The molecule has 0 amide bonds.